The van der Waals surface area contributed by atoms with Crippen molar-refractivity contribution in [1.29, 1.82) is 0 Å². The van der Waals surface area contributed by atoms with Gasteiger partial charge in [-0.2, -0.15) is 0 Å². The predicted octanol–water partition coefficient (Wildman–Crippen LogP) is 2.33. The van der Waals surface area contributed by atoms with E-state index < -0.39 is 0 Å². The highest BCUT2D eigenvalue weighted by Crippen LogP contribution is 2.30. The number of morpholine rings is 1. The molecular formula is C12H23NO. The number of ether oxygens (including phenoxy) is 1. The van der Waals surface area contributed by atoms with Crippen LogP contribution in [0.3, 0.4) is 0 Å². The quantitative estimate of drug-likeness (QED) is 0.733. The van der Waals surface area contributed by atoms with Crippen LogP contribution in [0.5, 0.6) is 0 Å². The zero-order valence-electron chi connectivity index (χ0n) is 9.51. The van der Waals surface area contributed by atoms with Crippen LogP contribution in [0.1, 0.15) is 46.0 Å². The lowest BCUT2D eigenvalue weighted by atomic mass is 9.97. The standard InChI is InChI=1S/C12H23NO/c1-12(2)9-14-11(8-13-12)7-10-5-3-4-6-10/h10-11,13H,3-9H2,1-2H3. The van der Waals surface area contributed by atoms with Gasteiger partial charge in [0, 0.05) is 12.1 Å². The summed E-state index contributed by atoms with van der Waals surface area (Å²) in [5.41, 5.74) is 0.187. The Morgan fingerprint density at radius 3 is 2.57 bits per heavy atom. The lowest BCUT2D eigenvalue weighted by Gasteiger charge is -2.36. The number of hydrogen-bond donors (Lipinski definition) is 1. The van der Waals surface area contributed by atoms with Crippen LogP contribution in [0.25, 0.3) is 0 Å². The van der Waals surface area contributed by atoms with Crippen molar-refractivity contribution in [3.8, 4) is 0 Å². The lowest BCUT2D eigenvalue weighted by Crippen LogP contribution is -2.53. The van der Waals surface area contributed by atoms with Crippen molar-refractivity contribution in [2.45, 2.75) is 57.6 Å². The first-order chi connectivity index (χ1) is 6.66. The Labute approximate surface area is 87.4 Å². The van der Waals surface area contributed by atoms with Crippen LogP contribution in [-0.4, -0.2) is 24.8 Å². The third-order valence-electron chi connectivity index (χ3n) is 3.56. The van der Waals surface area contributed by atoms with Crippen molar-refractivity contribution in [2.75, 3.05) is 13.2 Å². The molecule has 2 heteroatoms. The highest BCUT2D eigenvalue weighted by Gasteiger charge is 2.28. The molecule has 1 aliphatic heterocycles. The van der Waals surface area contributed by atoms with Crippen LogP contribution >= 0.6 is 0 Å². The largest absolute Gasteiger partial charge is 0.375 e. The van der Waals surface area contributed by atoms with E-state index in [2.05, 4.69) is 19.2 Å². The molecule has 2 nitrogen and oxygen atoms in total. The van der Waals surface area contributed by atoms with Gasteiger partial charge in [-0.25, -0.2) is 0 Å². The second kappa shape index (κ2) is 4.19. The fourth-order valence-corrected chi connectivity index (χ4v) is 2.60. The predicted molar refractivity (Wildman–Crippen MR) is 58.4 cm³/mol. The van der Waals surface area contributed by atoms with Crippen LogP contribution in [0, 0.1) is 5.92 Å². The van der Waals surface area contributed by atoms with Gasteiger partial charge in [0.2, 0.25) is 0 Å². The van der Waals surface area contributed by atoms with E-state index in [0.717, 1.165) is 19.1 Å². The molecule has 2 fully saturated rings. The maximum atomic E-state index is 5.89. The second-order valence-corrected chi connectivity index (χ2v) is 5.58. The maximum Gasteiger partial charge on any atom is 0.0703 e. The van der Waals surface area contributed by atoms with Gasteiger partial charge in [-0.1, -0.05) is 25.7 Å². The Morgan fingerprint density at radius 2 is 2.00 bits per heavy atom. The highest BCUT2D eigenvalue weighted by molar-refractivity contribution is 4.85. The summed E-state index contributed by atoms with van der Waals surface area (Å²) in [5, 5.41) is 3.56. The van der Waals surface area contributed by atoms with Gasteiger partial charge in [-0.15, -0.1) is 0 Å². The molecule has 2 aliphatic rings. The average molecular weight is 197 g/mol. The monoisotopic (exact) mass is 197 g/mol. The summed E-state index contributed by atoms with van der Waals surface area (Å²) in [5.74, 6) is 0.947. The van der Waals surface area contributed by atoms with Crippen LogP contribution in [0.4, 0.5) is 0 Å². The van der Waals surface area contributed by atoms with Gasteiger partial charge in [0.1, 0.15) is 0 Å². The van der Waals surface area contributed by atoms with Gasteiger partial charge in [-0.3, -0.25) is 0 Å². The molecule has 14 heavy (non-hydrogen) atoms. The van der Waals surface area contributed by atoms with Crippen molar-refractivity contribution in [2.24, 2.45) is 5.92 Å². The minimum atomic E-state index is 0.187. The molecule has 0 radical (unpaired) electrons. The molecule has 1 heterocycles. The van der Waals surface area contributed by atoms with E-state index in [4.69, 9.17) is 4.74 Å². The van der Waals surface area contributed by atoms with E-state index >= 15 is 0 Å². The SMILES string of the molecule is CC1(C)COC(CC2CCCC2)CN1. The van der Waals surface area contributed by atoms with E-state index in [1.54, 1.807) is 0 Å². The normalized spacial score (nSPS) is 33.4. The Hall–Kier alpha value is -0.0800. The summed E-state index contributed by atoms with van der Waals surface area (Å²) < 4.78 is 5.89. The van der Waals surface area contributed by atoms with Gasteiger partial charge >= 0.3 is 0 Å². The molecule has 0 aromatic rings. The Bertz CT molecular complexity index is 175. The molecule has 0 amide bonds. The molecule has 1 aliphatic carbocycles. The van der Waals surface area contributed by atoms with Crippen LogP contribution in [0.15, 0.2) is 0 Å². The van der Waals surface area contributed by atoms with E-state index in [0.29, 0.717) is 6.10 Å². The Balaban J connectivity index is 1.72. The fourth-order valence-electron chi connectivity index (χ4n) is 2.60. The minimum Gasteiger partial charge on any atom is -0.375 e. The van der Waals surface area contributed by atoms with Crippen molar-refractivity contribution >= 4 is 0 Å². The topological polar surface area (TPSA) is 21.3 Å². The van der Waals surface area contributed by atoms with Gasteiger partial charge in [0.15, 0.2) is 0 Å². The van der Waals surface area contributed by atoms with Crippen LogP contribution < -0.4 is 5.32 Å². The Morgan fingerprint density at radius 1 is 1.29 bits per heavy atom. The molecule has 1 atom stereocenters. The van der Waals surface area contributed by atoms with E-state index in [1.807, 2.05) is 0 Å². The van der Waals surface area contributed by atoms with Crippen LogP contribution in [-0.2, 0) is 4.74 Å². The summed E-state index contributed by atoms with van der Waals surface area (Å²) >= 11 is 0. The molecule has 0 aromatic heterocycles. The molecule has 0 bridgehead atoms. The van der Waals surface area contributed by atoms with E-state index in [1.165, 1.54) is 32.1 Å². The third-order valence-corrected chi connectivity index (χ3v) is 3.56. The van der Waals surface area contributed by atoms with Crippen molar-refractivity contribution < 1.29 is 4.74 Å². The molecule has 2 rings (SSSR count). The molecule has 82 valence electrons. The molecule has 0 spiro atoms. The first kappa shape index (κ1) is 10.4. The number of rotatable bonds is 2. The molecular weight excluding hydrogens is 174 g/mol. The zero-order valence-corrected chi connectivity index (χ0v) is 9.51. The van der Waals surface area contributed by atoms with Crippen molar-refractivity contribution in [3.63, 3.8) is 0 Å². The first-order valence-corrected chi connectivity index (χ1v) is 6.02. The van der Waals surface area contributed by atoms with E-state index in [-0.39, 0.29) is 5.54 Å². The third kappa shape index (κ3) is 2.71. The number of hydrogen-bond acceptors (Lipinski definition) is 2. The van der Waals surface area contributed by atoms with Crippen LogP contribution in [0.2, 0.25) is 0 Å². The van der Waals surface area contributed by atoms with Gasteiger partial charge in [0.05, 0.1) is 12.7 Å². The Kier molecular flexibility index (Phi) is 3.13. The minimum absolute atomic E-state index is 0.187. The number of nitrogens with one attached hydrogen (secondary N) is 1. The smallest absolute Gasteiger partial charge is 0.0703 e. The summed E-state index contributed by atoms with van der Waals surface area (Å²) in [4.78, 5) is 0. The fraction of sp³-hybridized carbons (Fsp3) is 1.00. The molecule has 1 saturated carbocycles. The van der Waals surface area contributed by atoms with E-state index in [9.17, 15) is 0 Å². The van der Waals surface area contributed by atoms with Gasteiger partial charge in [0.25, 0.3) is 0 Å². The summed E-state index contributed by atoms with van der Waals surface area (Å²) in [7, 11) is 0. The molecule has 1 saturated heterocycles. The summed E-state index contributed by atoms with van der Waals surface area (Å²) in [6.07, 6.45) is 7.51. The van der Waals surface area contributed by atoms with Gasteiger partial charge in [-0.05, 0) is 26.2 Å². The summed E-state index contributed by atoms with van der Waals surface area (Å²) in [6, 6.07) is 0. The average Bonchev–Trinajstić information content (AvgIpc) is 2.61. The highest BCUT2D eigenvalue weighted by atomic mass is 16.5. The molecule has 1 N–H and O–H groups in total. The van der Waals surface area contributed by atoms with Gasteiger partial charge < -0.3 is 10.1 Å². The zero-order chi connectivity index (χ0) is 10.0. The summed E-state index contributed by atoms with van der Waals surface area (Å²) in [6.45, 7) is 6.32. The maximum absolute atomic E-state index is 5.89. The second-order valence-electron chi connectivity index (χ2n) is 5.58. The van der Waals surface area contributed by atoms with Crippen molar-refractivity contribution in [3.05, 3.63) is 0 Å². The first-order valence-electron chi connectivity index (χ1n) is 6.02. The molecule has 0 aromatic carbocycles. The lowest BCUT2D eigenvalue weighted by molar-refractivity contribution is -0.0319. The van der Waals surface area contributed by atoms with Crippen molar-refractivity contribution in [1.82, 2.24) is 5.32 Å². The molecule has 1 unspecified atom stereocenters.